The Morgan fingerprint density at radius 2 is 0.918 bits per heavy atom. The van der Waals surface area contributed by atoms with E-state index in [1.165, 1.54) is 36.5 Å². The van der Waals surface area contributed by atoms with Crippen LogP contribution in [0.25, 0.3) is 97.8 Å². The number of aromatic nitrogens is 3. The highest BCUT2D eigenvalue weighted by Crippen LogP contribution is 2.43. The lowest BCUT2D eigenvalue weighted by molar-refractivity contribution is 1.23. The molecule has 3 nitrogen and oxygen atoms in total. The van der Waals surface area contributed by atoms with Gasteiger partial charge in [0.2, 0.25) is 0 Å². The molecule has 10 rings (SSSR count). The summed E-state index contributed by atoms with van der Waals surface area (Å²) in [5, 5.41) is 7.21. The molecule has 0 bridgehead atoms. The lowest BCUT2D eigenvalue weighted by atomic mass is 9.96. The van der Waals surface area contributed by atoms with Crippen molar-refractivity contribution in [3.05, 3.63) is 164 Å². The molecule has 0 aliphatic carbocycles. The van der Waals surface area contributed by atoms with E-state index in [9.17, 15) is 0 Å². The number of para-hydroxylation sites is 2. The first kappa shape index (κ1) is 27.8. The SMILES string of the molecule is c1ccc(-c2cccc(-c3nc(-c4cccc(-c5nc6ccccc6c6c5ccc5c7ccccc7sc56)c4)c4ccccc4n3)c2)cc1. The summed E-state index contributed by atoms with van der Waals surface area (Å²) >= 11 is 1.87. The maximum absolute atomic E-state index is 5.31. The molecule has 49 heavy (non-hydrogen) atoms. The van der Waals surface area contributed by atoms with Gasteiger partial charge in [-0.1, -0.05) is 133 Å². The van der Waals surface area contributed by atoms with Crippen LogP contribution in [0.2, 0.25) is 0 Å². The van der Waals surface area contributed by atoms with Crippen molar-refractivity contribution in [2.75, 3.05) is 0 Å². The minimum atomic E-state index is 0.707. The fourth-order valence-electron chi connectivity index (χ4n) is 7.14. The van der Waals surface area contributed by atoms with Crippen molar-refractivity contribution >= 4 is 64.1 Å². The fourth-order valence-corrected chi connectivity index (χ4v) is 8.41. The number of pyridine rings is 1. The number of nitrogens with zero attached hydrogens (tertiary/aromatic N) is 3. The molecule has 0 saturated carbocycles. The minimum Gasteiger partial charge on any atom is -0.247 e. The number of thiophene rings is 1. The van der Waals surface area contributed by atoms with Crippen molar-refractivity contribution in [2.45, 2.75) is 0 Å². The third-order valence-electron chi connectivity index (χ3n) is 9.45. The molecule has 3 aromatic heterocycles. The summed E-state index contributed by atoms with van der Waals surface area (Å²) in [6, 6.07) is 57.7. The molecular formula is C45H27N3S. The van der Waals surface area contributed by atoms with Gasteiger partial charge in [-0.3, -0.25) is 0 Å². The maximum Gasteiger partial charge on any atom is 0.160 e. The second-order valence-corrected chi connectivity index (χ2v) is 13.4. The number of rotatable bonds is 4. The zero-order valence-corrected chi connectivity index (χ0v) is 27.2. The highest BCUT2D eigenvalue weighted by Gasteiger charge is 2.18. The van der Waals surface area contributed by atoms with Crippen LogP contribution >= 0.6 is 11.3 Å². The van der Waals surface area contributed by atoms with E-state index in [0.717, 1.165) is 55.4 Å². The molecule has 0 aliphatic heterocycles. The molecule has 0 amide bonds. The van der Waals surface area contributed by atoms with Gasteiger partial charge in [0.15, 0.2) is 5.82 Å². The highest BCUT2D eigenvalue weighted by molar-refractivity contribution is 7.26. The molecule has 0 N–H and O–H groups in total. The van der Waals surface area contributed by atoms with Gasteiger partial charge in [0.1, 0.15) is 0 Å². The Bertz CT molecular complexity index is 2890. The molecule has 228 valence electrons. The summed E-state index contributed by atoms with van der Waals surface area (Å²) in [5.41, 5.74) is 9.17. The second kappa shape index (κ2) is 11.2. The predicted octanol–water partition coefficient (Wildman–Crippen LogP) is 12.4. The lowest BCUT2D eigenvalue weighted by Crippen LogP contribution is -1.96. The van der Waals surface area contributed by atoms with E-state index in [2.05, 4.69) is 152 Å². The average Bonchev–Trinajstić information content (AvgIpc) is 3.56. The first-order valence-electron chi connectivity index (χ1n) is 16.4. The van der Waals surface area contributed by atoms with Gasteiger partial charge < -0.3 is 0 Å². The van der Waals surface area contributed by atoms with Gasteiger partial charge in [-0.15, -0.1) is 11.3 Å². The largest absolute Gasteiger partial charge is 0.247 e. The van der Waals surface area contributed by atoms with Gasteiger partial charge in [0.25, 0.3) is 0 Å². The Labute approximate surface area is 286 Å². The van der Waals surface area contributed by atoms with E-state index in [1.54, 1.807) is 0 Å². The van der Waals surface area contributed by atoms with Crippen molar-refractivity contribution in [3.8, 4) is 45.0 Å². The molecule has 7 aromatic carbocycles. The third-order valence-corrected chi connectivity index (χ3v) is 10.7. The van der Waals surface area contributed by atoms with Crippen molar-refractivity contribution in [3.63, 3.8) is 0 Å². The molecule has 0 atom stereocenters. The van der Waals surface area contributed by atoms with Gasteiger partial charge in [-0.05, 0) is 41.5 Å². The summed E-state index contributed by atoms with van der Waals surface area (Å²) in [7, 11) is 0. The van der Waals surface area contributed by atoms with E-state index in [0.29, 0.717) is 5.82 Å². The van der Waals surface area contributed by atoms with Crippen LogP contribution in [0.1, 0.15) is 0 Å². The van der Waals surface area contributed by atoms with Crippen LogP contribution in [0.4, 0.5) is 0 Å². The summed E-state index contributed by atoms with van der Waals surface area (Å²) in [6.45, 7) is 0. The summed E-state index contributed by atoms with van der Waals surface area (Å²) in [5.74, 6) is 0.707. The van der Waals surface area contributed by atoms with E-state index in [-0.39, 0.29) is 0 Å². The van der Waals surface area contributed by atoms with Gasteiger partial charge in [-0.2, -0.15) is 0 Å². The van der Waals surface area contributed by atoms with Crippen molar-refractivity contribution in [1.82, 2.24) is 15.0 Å². The lowest BCUT2D eigenvalue weighted by Gasteiger charge is -2.13. The van der Waals surface area contributed by atoms with Crippen LogP contribution in [0.15, 0.2) is 164 Å². The number of hydrogen-bond donors (Lipinski definition) is 0. The molecule has 0 spiro atoms. The smallest absolute Gasteiger partial charge is 0.160 e. The number of benzene rings is 7. The minimum absolute atomic E-state index is 0.707. The first-order valence-corrected chi connectivity index (χ1v) is 17.3. The Kier molecular flexibility index (Phi) is 6.36. The van der Waals surface area contributed by atoms with E-state index < -0.39 is 0 Å². The number of hydrogen-bond acceptors (Lipinski definition) is 4. The molecule has 0 aliphatic rings. The van der Waals surface area contributed by atoms with Crippen LogP contribution < -0.4 is 0 Å². The van der Waals surface area contributed by atoms with Crippen LogP contribution in [0, 0.1) is 0 Å². The zero-order chi connectivity index (χ0) is 32.3. The van der Waals surface area contributed by atoms with E-state index >= 15 is 0 Å². The van der Waals surface area contributed by atoms with Crippen LogP contribution in [0.5, 0.6) is 0 Å². The summed E-state index contributed by atoms with van der Waals surface area (Å²) in [4.78, 5) is 15.6. The van der Waals surface area contributed by atoms with Crippen molar-refractivity contribution in [2.24, 2.45) is 0 Å². The van der Waals surface area contributed by atoms with Crippen molar-refractivity contribution in [1.29, 1.82) is 0 Å². The first-order chi connectivity index (χ1) is 24.3. The summed E-state index contributed by atoms with van der Waals surface area (Å²) in [6.07, 6.45) is 0. The Morgan fingerprint density at radius 3 is 1.73 bits per heavy atom. The normalized spacial score (nSPS) is 11.7. The second-order valence-electron chi connectivity index (χ2n) is 12.4. The number of fused-ring (bicyclic) bond motifs is 8. The molecule has 0 fully saturated rings. The van der Waals surface area contributed by atoms with Crippen LogP contribution in [0.3, 0.4) is 0 Å². The molecule has 0 unspecified atom stereocenters. The predicted molar refractivity (Wildman–Crippen MR) is 207 cm³/mol. The standard InChI is InChI=1S/C45H27N3S/c1-2-12-28(13-3-1)29-14-10-17-32(26-29)45-47-39-22-8-5-20-36(39)42(48-45)30-15-11-16-31(27-30)43-37-25-24-34-33-18-6-9-23-40(33)49-44(34)41(37)35-19-4-7-21-38(35)46-43/h1-27H. The van der Waals surface area contributed by atoms with Gasteiger partial charge >= 0.3 is 0 Å². The molecule has 0 radical (unpaired) electrons. The highest BCUT2D eigenvalue weighted by atomic mass is 32.1. The molecular weight excluding hydrogens is 615 g/mol. The van der Waals surface area contributed by atoms with Crippen LogP contribution in [-0.2, 0) is 0 Å². The zero-order valence-electron chi connectivity index (χ0n) is 26.3. The average molecular weight is 642 g/mol. The Balaban J connectivity index is 1.18. The molecule has 0 saturated heterocycles. The van der Waals surface area contributed by atoms with Gasteiger partial charge in [0, 0.05) is 58.4 Å². The third kappa shape index (κ3) is 4.61. The molecule has 10 aromatic rings. The quantitative estimate of drug-likeness (QED) is 0.180. The Hall–Kier alpha value is -6.23. The molecule has 3 heterocycles. The molecule has 4 heteroatoms. The van der Waals surface area contributed by atoms with Crippen molar-refractivity contribution < 1.29 is 0 Å². The maximum atomic E-state index is 5.31. The van der Waals surface area contributed by atoms with Gasteiger partial charge in [-0.25, -0.2) is 15.0 Å². The monoisotopic (exact) mass is 641 g/mol. The van der Waals surface area contributed by atoms with Gasteiger partial charge in [0.05, 0.1) is 22.4 Å². The Morgan fingerprint density at radius 1 is 0.347 bits per heavy atom. The van der Waals surface area contributed by atoms with E-state index in [4.69, 9.17) is 15.0 Å². The topological polar surface area (TPSA) is 38.7 Å². The van der Waals surface area contributed by atoms with Crippen LogP contribution in [-0.4, -0.2) is 15.0 Å². The fraction of sp³-hybridized carbons (Fsp3) is 0. The summed E-state index contributed by atoms with van der Waals surface area (Å²) < 4.78 is 2.61. The van der Waals surface area contributed by atoms with E-state index in [1.807, 2.05) is 23.5 Å².